The molecule has 1 N–H and O–H groups in total. The van der Waals surface area contributed by atoms with Gasteiger partial charge >= 0.3 is 0 Å². The van der Waals surface area contributed by atoms with E-state index in [1.54, 1.807) is 17.0 Å². The highest BCUT2D eigenvalue weighted by Gasteiger charge is 2.51. The van der Waals surface area contributed by atoms with Gasteiger partial charge in [0.05, 0.1) is 33.1 Å². The van der Waals surface area contributed by atoms with E-state index in [4.69, 9.17) is 14.2 Å². The second-order valence-corrected chi connectivity index (χ2v) is 9.17. The number of benzene rings is 2. The Kier molecular flexibility index (Phi) is 5.42. The van der Waals surface area contributed by atoms with Crippen LogP contribution in [0.3, 0.4) is 0 Å². The molecule has 2 amide bonds. The maximum Gasteiger partial charge on any atom is 0.266 e. The van der Waals surface area contributed by atoms with Crippen molar-refractivity contribution in [2.75, 3.05) is 27.9 Å². The van der Waals surface area contributed by atoms with Crippen LogP contribution < -0.4 is 14.2 Å². The van der Waals surface area contributed by atoms with Gasteiger partial charge in [-0.3, -0.25) is 9.59 Å². The number of aromatic amines is 1. The number of piperazine rings is 1. The molecule has 5 rings (SSSR count). The van der Waals surface area contributed by atoms with E-state index in [-0.39, 0.29) is 18.4 Å². The highest BCUT2D eigenvalue weighted by Crippen LogP contribution is 2.43. The van der Waals surface area contributed by atoms with Crippen LogP contribution in [0, 0.1) is 0 Å². The van der Waals surface area contributed by atoms with Crippen LogP contribution in [0.4, 0.5) is 0 Å². The lowest BCUT2D eigenvalue weighted by atomic mass is 9.82. The number of fused-ring (bicyclic) bond motifs is 4. The number of H-pyrrole nitrogens is 1. The Morgan fingerprint density at radius 2 is 1.74 bits per heavy atom. The zero-order valence-electron chi connectivity index (χ0n) is 20.4. The first kappa shape index (κ1) is 22.8. The number of carbonyl (C=O) groups excluding carboxylic acids is 2. The average Bonchev–Trinajstić information content (AvgIpc) is 3.24. The molecule has 3 heterocycles. The molecule has 0 aliphatic carbocycles. The van der Waals surface area contributed by atoms with Crippen molar-refractivity contribution in [2.24, 2.45) is 5.10 Å². The van der Waals surface area contributed by atoms with Gasteiger partial charge in [-0.1, -0.05) is 18.2 Å². The number of hydrogen-bond donors (Lipinski definition) is 1. The van der Waals surface area contributed by atoms with Gasteiger partial charge in [-0.05, 0) is 37.6 Å². The minimum absolute atomic E-state index is 0.130. The van der Waals surface area contributed by atoms with Crippen LogP contribution >= 0.6 is 0 Å². The quantitative estimate of drug-likeness (QED) is 0.571. The Hall–Kier alpha value is -4.01. The molecule has 9 nitrogen and oxygen atoms in total. The SMILES string of the molecule is COc1cc(/C=N\N2CC(=O)N3[C@@H](Cc4c([nH]c5ccccc45)C3(C)C)C2=O)cc(OC)c1OC. The lowest BCUT2D eigenvalue weighted by Crippen LogP contribution is -2.66. The van der Waals surface area contributed by atoms with E-state index in [0.717, 1.165) is 22.2 Å². The fourth-order valence-electron chi connectivity index (χ4n) is 5.28. The Morgan fingerprint density at radius 3 is 2.40 bits per heavy atom. The van der Waals surface area contributed by atoms with Crippen LogP contribution in [0.15, 0.2) is 41.5 Å². The molecule has 0 saturated carbocycles. The summed E-state index contributed by atoms with van der Waals surface area (Å²) < 4.78 is 16.1. The predicted octanol–water partition coefficient (Wildman–Crippen LogP) is 3.06. The van der Waals surface area contributed by atoms with E-state index in [9.17, 15) is 9.59 Å². The molecule has 0 bridgehead atoms. The van der Waals surface area contributed by atoms with Gasteiger partial charge < -0.3 is 24.1 Å². The summed E-state index contributed by atoms with van der Waals surface area (Å²) in [6.07, 6.45) is 1.96. The van der Waals surface area contributed by atoms with Gasteiger partial charge in [-0.2, -0.15) is 5.10 Å². The summed E-state index contributed by atoms with van der Waals surface area (Å²) in [5, 5.41) is 6.72. The molecule has 3 aromatic rings. The summed E-state index contributed by atoms with van der Waals surface area (Å²) >= 11 is 0. The summed E-state index contributed by atoms with van der Waals surface area (Å²) in [4.78, 5) is 32.1. The third-order valence-corrected chi connectivity index (χ3v) is 6.86. The molecule has 2 aromatic carbocycles. The zero-order valence-corrected chi connectivity index (χ0v) is 20.4. The van der Waals surface area contributed by atoms with Crippen LogP contribution in [0.25, 0.3) is 10.9 Å². The molecule has 1 fully saturated rings. The minimum atomic E-state index is -0.656. The van der Waals surface area contributed by atoms with E-state index >= 15 is 0 Å². The number of rotatable bonds is 5. The molecule has 0 unspecified atom stereocenters. The van der Waals surface area contributed by atoms with Crippen molar-refractivity contribution in [3.63, 3.8) is 0 Å². The number of hydrogen-bond acceptors (Lipinski definition) is 6. The van der Waals surface area contributed by atoms with Gasteiger partial charge in [-0.25, -0.2) is 5.01 Å². The summed E-state index contributed by atoms with van der Waals surface area (Å²) in [6, 6.07) is 10.9. The van der Waals surface area contributed by atoms with Crippen LogP contribution in [-0.2, 0) is 21.5 Å². The molecule has 2 aliphatic heterocycles. The first-order chi connectivity index (χ1) is 16.8. The number of hydrazone groups is 1. The van der Waals surface area contributed by atoms with E-state index < -0.39 is 11.6 Å². The van der Waals surface area contributed by atoms with Crippen molar-refractivity contribution in [2.45, 2.75) is 31.8 Å². The highest BCUT2D eigenvalue weighted by molar-refractivity contribution is 5.98. The van der Waals surface area contributed by atoms with E-state index in [2.05, 4.69) is 10.1 Å². The first-order valence-corrected chi connectivity index (χ1v) is 11.4. The lowest BCUT2D eigenvalue weighted by molar-refractivity contribution is -0.163. The second-order valence-electron chi connectivity index (χ2n) is 9.17. The van der Waals surface area contributed by atoms with E-state index in [0.29, 0.717) is 29.2 Å². The van der Waals surface area contributed by atoms with Gasteiger partial charge in [0.2, 0.25) is 11.7 Å². The van der Waals surface area contributed by atoms with Crippen molar-refractivity contribution in [3.05, 3.63) is 53.2 Å². The van der Waals surface area contributed by atoms with E-state index in [1.165, 1.54) is 32.6 Å². The molecule has 0 radical (unpaired) electrons. The van der Waals surface area contributed by atoms with Crippen LogP contribution in [0.2, 0.25) is 0 Å². The van der Waals surface area contributed by atoms with Gasteiger partial charge in [0, 0.05) is 28.6 Å². The van der Waals surface area contributed by atoms with Crippen LogP contribution in [-0.4, -0.2) is 66.8 Å². The Bertz CT molecular complexity index is 1330. The standard InChI is InChI=1S/C26H28N4O5/c1-26(2)24-17(16-8-6-7-9-18(16)28-24)12-19-25(32)29(14-22(31)30(19)26)27-13-15-10-20(33-3)23(35-5)21(11-15)34-4/h6-11,13,19,28H,12,14H2,1-5H3/b27-13-/t19-/m0/s1. The summed E-state index contributed by atoms with van der Waals surface area (Å²) in [5.41, 5.74) is 3.04. The van der Waals surface area contributed by atoms with Crippen LogP contribution in [0.5, 0.6) is 17.2 Å². The minimum Gasteiger partial charge on any atom is -0.493 e. The number of ether oxygens (including phenoxy) is 3. The summed E-state index contributed by atoms with van der Waals surface area (Å²) in [5.74, 6) is 1.05. The highest BCUT2D eigenvalue weighted by atomic mass is 16.5. The number of carbonyl (C=O) groups is 2. The molecular weight excluding hydrogens is 448 g/mol. The van der Waals surface area contributed by atoms with Crippen molar-refractivity contribution in [1.29, 1.82) is 0 Å². The number of nitrogens with one attached hydrogen (secondary N) is 1. The molecular formula is C26H28N4O5. The summed E-state index contributed by atoms with van der Waals surface area (Å²) in [6.45, 7) is 3.83. The van der Waals surface area contributed by atoms with Crippen molar-refractivity contribution < 1.29 is 23.8 Å². The van der Waals surface area contributed by atoms with Crippen molar-refractivity contribution >= 4 is 28.9 Å². The molecule has 9 heteroatoms. The van der Waals surface area contributed by atoms with Gasteiger partial charge in [-0.15, -0.1) is 0 Å². The average molecular weight is 477 g/mol. The maximum absolute atomic E-state index is 13.6. The number of amides is 2. The lowest BCUT2D eigenvalue weighted by Gasteiger charge is -2.50. The third-order valence-electron chi connectivity index (χ3n) is 6.86. The number of methoxy groups -OCH3 is 3. The molecule has 1 atom stereocenters. The Morgan fingerprint density at radius 1 is 1.06 bits per heavy atom. The normalized spacial score (nSPS) is 19.2. The number of nitrogens with zero attached hydrogens (tertiary/aromatic N) is 3. The molecule has 1 saturated heterocycles. The molecule has 182 valence electrons. The second kappa shape index (κ2) is 8.33. The largest absolute Gasteiger partial charge is 0.493 e. The zero-order chi connectivity index (χ0) is 24.9. The molecule has 2 aliphatic rings. The maximum atomic E-state index is 13.6. The fraction of sp³-hybridized carbons (Fsp3) is 0.346. The fourth-order valence-corrected chi connectivity index (χ4v) is 5.28. The molecule has 0 spiro atoms. The summed E-state index contributed by atoms with van der Waals surface area (Å²) in [7, 11) is 4.59. The number of para-hydroxylation sites is 1. The topological polar surface area (TPSA) is 96.5 Å². The Balaban J connectivity index is 1.48. The number of aromatic nitrogens is 1. The van der Waals surface area contributed by atoms with Crippen molar-refractivity contribution in [3.8, 4) is 17.2 Å². The van der Waals surface area contributed by atoms with Gasteiger partial charge in [0.15, 0.2) is 11.5 Å². The Labute approximate surface area is 203 Å². The van der Waals surface area contributed by atoms with Crippen molar-refractivity contribution in [1.82, 2.24) is 14.9 Å². The predicted molar refractivity (Wildman–Crippen MR) is 131 cm³/mol. The molecule has 1 aromatic heterocycles. The monoisotopic (exact) mass is 476 g/mol. The smallest absolute Gasteiger partial charge is 0.266 e. The van der Waals surface area contributed by atoms with E-state index in [1.807, 2.05) is 38.1 Å². The van der Waals surface area contributed by atoms with Gasteiger partial charge in [0.1, 0.15) is 12.6 Å². The first-order valence-electron chi connectivity index (χ1n) is 11.4. The van der Waals surface area contributed by atoms with Crippen LogP contribution in [0.1, 0.15) is 30.7 Å². The molecule has 35 heavy (non-hydrogen) atoms. The van der Waals surface area contributed by atoms with Gasteiger partial charge in [0.25, 0.3) is 5.91 Å². The third kappa shape index (κ3) is 3.50.